The quantitative estimate of drug-likeness (QED) is 0.852. The maximum absolute atomic E-state index is 5.49. The van der Waals surface area contributed by atoms with Gasteiger partial charge in [-0.05, 0) is 30.5 Å². The SMILES string of the molecule is Cc1ccc(-c2cnn(CCN)c2)cc1C. The Morgan fingerprint density at radius 3 is 2.69 bits per heavy atom. The van der Waals surface area contributed by atoms with Crippen LogP contribution in [0.3, 0.4) is 0 Å². The van der Waals surface area contributed by atoms with Gasteiger partial charge in [0.15, 0.2) is 0 Å². The first kappa shape index (κ1) is 10.9. The number of aromatic nitrogens is 2. The van der Waals surface area contributed by atoms with Gasteiger partial charge in [-0.2, -0.15) is 5.10 Å². The van der Waals surface area contributed by atoms with E-state index in [-0.39, 0.29) is 0 Å². The Bertz CT molecular complexity index is 486. The standard InChI is InChI=1S/C13H17N3/c1-10-3-4-12(7-11(10)2)13-8-15-16(9-13)6-5-14/h3-4,7-9H,5-6,14H2,1-2H3. The van der Waals surface area contributed by atoms with Crippen molar-refractivity contribution in [3.8, 4) is 11.1 Å². The van der Waals surface area contributed by atoms with Crippen LogP contribution in [0.5, 0.6) is 0 Å². The van der Waals surface area contributed by atoms with Crippen LogP contribution in [0.25, 0.3) is 11.1 Å². The highest BCUT2D eigenvalue weighted by Gasteiger charge is 2.02. The van der Waals surface area contributed by atoms with E-state index in [4.69, 9.17) is 5.73 Å². The molecule has 0 saturated heterocycles. The molecule has 0 fully saturated rings. The highest BCUT2D eigenvalue weighted by molar-refractivity contribution is 5.63. The summed E-state index contributed by atoms with van der Waals surface area (Å²) in [6.07, 6.45) is 3.93. The van der Waals surface area contributed by atoms with Crippen molar-refractivity contribution in [3.63, 3.8) is 0 Å². The first-order valence-electron chi connectivity index (χ1n) is 5.51. The molecule has 3 heteroatoms. The molecule has 0 radical (unpaired) electrons. The zero-order valence-corrected chi connectivity index (χ0v) is 9.77. The van der Waals surface area contributed by atoms with Crippen LogP contribution >= 0.6 is 0 Å². The molecule has 2 N–H and O–H groups in total. The minimum Gasteiger partial charge on any atom is -0.329 e. The van der Waals surface area contributed by atoms with Gasteiger partial charge in [0, 0.05) is 18.3 Å². The second-order valence-corrected chi connectivity index (χ2v) is 4.08. The van der Waals surface area contributed by atoms with Gasteiger partial charge < -0.3 is 5.73 Å². The maximum Gasteiger partial charge on any atom is 0.0568 e. The molecular formula is C13H17N3. The van der Waals surface area contributed by atoms with E-state index in [1.165, 1.54) is 16.7 Å². The number of aryl methyl sites for hydroxylation is 2. The molecule has 0 amide bonds. The zero-order valence-electron chi connectivity index (χ0n) is 9.77. The van der Waals surface area contributed by atoms with Crippen LogP contribution in [0.15, 0.2) is 30.6 Å². The Labute approximate surface area is 95.9 Å². The molecule has 1 heterocycles. The Morgan fingerprint density at radius 2 is 2.00 bits per heavy atom. The van der Waals surface area contributed by atoms with Crippen molar-refractivity contribution >= 4 is 0 Å². The van der Waals surface area contributed by atoms with Crippen LogP contribution in [0.4, 0.5) is 0 Å². The van der Waals surface area contributed by atoms with Gasteiger partial charge in [-0.3, -0.25) is 4.68 Å². The molecule has 0 unspecified atom stereocenters. The summed E-state index contributed by atoms with van der Waals surface area (Å²) in [6.45, 7) is 5.64. The lowest BCUT2D eigenvalue weighted by Crippen LogP contribution is -2.09. The smallest absolute Gasteiger partial charge is 0.0568 e. The highest BCUT2D eigenvalue weighted by atomic mass is 15.3. The van der Waals surface area contributed by atoms with Crippen LogP contribution < -0.4 is 5.73 Å². The summed E-state index contributed by atoms with van der Waals surface area (Å²) < 4.78 is 1.88. The van der Waals surface area contributed by atoms with Gasteiger partial charge in [0.05, 0.1) is 12.7 Å². The van der Waals surface area contributed by atoms with Crippen molar-refractivity contribution in [1.29, 1.82) is 0 Å². The van der Waals surface area contributed by atoms with Crippen molar-refractivity contribution in [2.24, 2.45) is 5.73 Å². The Hall–Kier alpha value is -1.61. The lowest BCUT2D eigenvalue weighted by atomic mass is 10.0. The van der Waals surface area contributed by atoms with E-state index < -0.39 is 0 Å². The summed E-state index contributed by atoms with van der Waals surface area (Å²) in [5.41, 5.74) is 10.5. The molecule has 0 aliphatic carbocycles. The number of hydrogen-bond acceptors (Lipinski definition) is 2. The summed E-state index contributed by atoms with van der Waals surface area (Å²) in [7, 11) is 0. The molecule has 0 aliphatic heterocycles. The monoisotopic (exact) mass is 215 g/mol. The van der Waals surface area contributed by atoms with Crippen molar-refractivity contribution in [3.05, 3.63) is 41.7 Å². The Kier molecular flexibility index (Phi) is 3.06. The van der Waals surface area contributed by atoms with E-state index in [0.717, 1.165) is 12.1 Å². The minimum absolute atomic E-state index is 0.619. The van der Waals surface area contributed by atoms with E-state index >= 15 is 0 Å². The second kappa shape index (κ2) is 4.49. The fraction of sp³-hybridized carbons (Fsp3) is 0.308. The van der Waals surface area contributed by atoms with Gasteiger partial charge in [-0.25, -0.2) is 0 Å². The lowest BCUT2D eigenvalue weighted by Gasteiger charge is -2.02. The van der Waals surface area contributed by atoms with Crippen LogP contribution in [0, 0.1) is 13.8 Å². The van der Waals surface area contributed by atoms with Crippen molar-refractivity contribution in [2.75, 3.05) is 6.54 Å². The Morgan fingerprint density at radius 1 is 1.19 bits per heavy atom. The van der Waals surface area contributed by atoms with Gasteiger partial charge >= 0.3 is 0 Å². The molecule has 2 aromatic rings. The molecule has 0 saturated carbocycles. The fourth-order valence-electron chi connectivity index (χ4n) is 1.69. The molecular weight excluding hydrogens is 198 g/mol. The normalized spacial score (nSPS) is 10.7. The molecule has 1 aromatic heterocycles. The number of nitrogens with two attached hydrogens (primary N) is 1. The number of hydrogen-bond donors (Lipinski definition) is 1. The van der Waals surface area contributed by atoms with Gasteiger partial charge in [-0.15, -0.1) is 0 Å². The van der Waals surface area contributed by atoms with E-state index in [9.17, 15) is 0 Å². The van der Waals surface area contributed by atoms with E-state index in [0.29, 0.717) is 6.54 Å². The second-order valence-electron chi connectivity index (χ2n) is 4.08. The molecule has 0 aliphatic rings. The van der Waals surface area contributed by atoms with Crippen molar-refractivity contribution < 1.29 is 0 Å². The van der Waals surface area contributed by atoms with Crippen LogP contribution in [0.2, 0.25) is 0 Å². The molecule has 16 heavy (non-hydrogen) atoms. The first-order valence-corrected chi connectivity index (χ1v) is 5.51. The van der Waals surface area contributed by atoms with Crippen molar-refractivity contribution in [1.82, 2.24) is 9.78 Å². The lowest BCUT2D eigenvalue weighted by molar-refractivity contribution is 0.625. The summed E-state index contributed by atoms with van der Waals surface area (Å²) in [5.74, 6) is 0. The molecule has 0 spiro atoms. The maximum atomic E-state index is 5.49. The minimum atomic E-state index is 0.619. The number of rotatable bonds is 3. The molecule has 0 bridgehead atoms. The van der Waals surface area contributed by atoms with Gasteiger partial charge in [0.2, 0.25) is 0 Å². The molecule has 3 nitrogen and oxygen atoms in total. The van der Waals surface area contributed by atoms with Crippen LogP contribution in [-0.2, 0) is 6.54 Å². The first-order chi connectivity index (χ1) is 7.70. The van der Waals surface area contributed by atoms with Crippen LogP contribution in [0.1, 0.15) is 11.1 Å². The van der Waals surface area contributed by atoms with Gasteiger partial charge in [0.25, 0.3) is 0 Å². The molecule has 84 valence electrons. The average molecular weight is 215 g/mol. The van der Waals surface area contributed by atoms with Crippen molar-refractivity contribution in [2.45, 2.75) is 20.4 Å². The topological polar surface area (TPSA) is 43.8 Å². The van der Waals surface area contributed by atoms with E-state index in [1.807, 2.05) is 17.1 Å². The summed E-state index contributed by atoms with van der Waals surface area (Å²) in [6, 6.07) is 6.47. The number of benzene rings is 1. The molecule has 0 atom stereocenters. The predicted molar refractivity (Wildman–Crippen MR) is 66.2 cm³/mol. The Balaban J connectivity index is 2.31. The summed E-state index contributed by atoms with van der Waals surface area (Å²) in [5, 5.41) is 4.27. The van der Waals surface area contributed by atoms with Gasteiger partial charge in [-0.1, -0.05) is 18.2 Å². The number of nitrogens with zero attached hydrogens (tertiary/aromatic N) is 2. The zero-order chi connectivity index (χ0) is 11.5. The molecule has 1 aromatic carbocycles. The van der Waals surface area contributed by atoms with Gasteiger partial charge in [0.1, 0.15) is 0 Å². The molecule has 2 rings (SSSR count). The third-order valence-corrected chi connectivity index (χ3v) is 2.83. The summed E-state index contributed by atoms with van der Waals surface area (Å²) in [4.78, 5) is 0. The van der Waals surface area contributed by atoms with Crippen LogP contribution in [-0.4, -0.2) is 16.3 Å². The third-order valence-electron chi connectivity index (χ3n) is 2.83. The summed E-state index contributed by atoms with van der Waals surface area (Å²) >= 11 is 0. The third kappa shape index (κ3) is 2.14. The largest absolute Gasteiger partial charge is 0.329 e. The predicted octanol–water partition coefficient (Wildman–Crippen LogP) is 2.13. The average Bonchev–Trinajstić information content (AvgIpc) is 2.71. The highest BCUT2D eigenvalue weighted by Crippen LogP contribution is 2.21. The fourth-order valence-corrected chi connectivity index (χ4v) is 1.69. The van der Waals surface area contributed by atoms with E-state index in [1.54, 1.807) is 0 Å². The van der Waals surface area contributed by atoms with E-state index in [2.05, 4.69) is 37.1 Å².